The molecule has 38 heavy (non-hydrogen) atoms. The predicted octanol–water partition coefficient (Wildman–Crippen LogP) is 3.89. The van der Waals surface area contributed by atoms with Crippen LogP contribution in [0.3, 0.4) is 0 Å². The van der Waals surface area contributed by atoms with Gasteiger partial charge in [0.05, 0.1) is 22.5 Å². The second-order valence-electron chi connectivity index (χ2n) is 8.77. The van der Waals surface area contributed by atoms with E-state index in [0.717, 1.165) is 12.0 Å². The van der Waals surface area contributed by atoms with Crippen molar-refractivity contribution in [3.8, 4) is 0 Å². The Hall–Kier alpha value is -4.67. The lowest BCUT2D eigenvalue weighted by atomic mass is 10.1. The maximum Gasteiger partial charge on any atom is 0.341 e. The minimum Gasteiger partial charge on any atom is -0.462 e. The number of nitro groups is 1. The van der Waals surface area contributed by atoms with E-state index in [1.807, 2.05) is 19.9 Å². The summed E-state index contributed by atoms with van der Waals surface area (Å²) in [5.74, 6) is -1.52. The predicted molar refractivity (Wildman–Crippen MR) is 140 cm³/mol. The van der Waals surface area contributed by atoms with E-state index in [9.17, 15) is 24.5 Å². The number of ether oxygens (including phenoxy) is 1. The lowest BCUT2D eigenvalue weighted by Gasteiger charge is -2.15. The molecule has 0 aliphatic carbocycles. The molecule has 0 aliphatic rings. The van der Waals surface area contributed by atoms with Crippen molar-refractivity contribution >= 4 is 34.2 Å². The van der Waals surface area contributed by atoms with Crippen molar-refractivity contribution in [3.63, 3.8) is 0 Å². The lowest BCUT2D eigenvalue weighted by molar-refractivity contribution is -0.385. The summed E-state index contributed by atoms with van der Waals surface area (Å²) in [7, 11) is 0. The number of carbonyl (C=O) groups excluding carboxylic acids is 2. The maximum atomic E-state index is 13.5. The number of benzene rings is 1. The fourth-order valence-corrected chi connectivity index (χ4v) is 4.30. The SMILES string of the molecule is CCCCn1c(=NC(=O)c2cccc([N+](=O)[O-])c2C)c(C(=O)OCC)cc2c(=O)n3cccc(C)c3nc21. The van der Waals surface area contributed by atoms with Crippen molar-refractivity contribution in [2.45, 2.75) is 47.1 Å². The number of pyridine rings is 2. The van der Waals surface area contributed by atoms with Gasteiger partial charge in [0.1, 0.15) is 16.9 Å². The molecule has 4 aromatic rings. The van der Waals surface area contributed by atoms with Crippen molar-refractivity contribution in [1.82, 2.24) is 14.0 Å². The molecular formula is C27H27N5O6. The van der Waals surface area contributed by atoms with Crippen LogP contribution in [0.2, 0.25) is 0 Å². The topological polar surface area (TPSA) is 138 Å². The smallest absolute Gasteiger partial charge is 0.341 e. The molecule has 11 heteroatoms. The molecule has 0 atom stereocenters. The quantitative estimate of drug-likeness (QED) is 0.157. The monoisotopic (exact) mass is 517 g/mol. The number of carbonyl (C=O) groups is 2. The van der Waals surface area contributed by atoms with E-state index in [-0.39, 0.29) is 51.1 Å². The van der Waals surface area contributed by atoms with Crippen LogP contribution in [0.1, 0.15) is 58.5 Å². The van der Waals surface area contributed by atoms with Crippen molar-refractivity contribution in [2.75, 3.05) is 6.61 Å². The number of nitro benzene ring substituents is 1. The number of nitrogens with zero attached hydrogens (tertiary/aromatic N) is 5. The van der Waals surface area contributed by atoms with Gasteiger partial charge in [0.2, 0.25) is 0 Å². The standard InChI is InChI=1S/C27H27N5O6/c1-5-7-13-30-23-19(26(34)31-14-9-10-16(3)22(31)28-23)15-20(27(35)38-6-2)24(30)29-25(33)18-11-8-12-21(17(18)4)32(36)37/h8-12,14-15H,5-7,13H2,1-4H3. The van der Waals surface area contributed by atoms with E-state index in [1.54, 1.807) is 23.8 Å². The van der Waals surface area contributed by atoms with Gasteiger partial charge in [-0.05, 0) is 51.0 Å². The van der Waals surface area contributed by atoms with Crippen molar-refractivity contribution in [1.29, 1.82) is 0 Å². The number of fused-ring (bicyclic) bond motifs is 2. The average Bonchev–Trinajstić information content (AvgIpc) is 2.88. The summed E-state index contributed by atoms with van der Waals surface area (Å²) in [6.45, 7) is 7.30. The van der Waals surface area contributed by atoms with E-state index in [4.69, 9.17) is 9.72 Å². The van der Waals surface area contributed by atoms with E-state index in [1.165, 1.54) is 35.6 Å². The molecule has 196 valence electrons. The van der Waals surface area contributed by atoms with Crippen LogP contribution in [-0.2, 0) is 11.3 Å². The Bertz CT molecular complexity index is 1730. The van der Waals surface area contributed by atoms with Gasteiger partial charge in [-0.25, -0.2) is 9.78 Å². The molecule has 11 nitrogen and oxygen atoms in total. The van der Waals surface area contributed by atoms with Gasteiger partial charge in [-0.2, -0.15) is 4.99 Å². The summed E-state index contributed by atoms with van der Waals surface area (Å²) in [5.41, 5.74) is 0.969. The highest BCUT2D eigenvalue weighted by Crippen LogP contribution is 2.22. The number of aromatic nitrogens is 3. The average molecular weight is 518 g/mol. The number of rotatable bonds is 7. The molecule has 0 bridgehead atoms. The maximum absolute atomic E-state index is 13.5. The molecule has 0 saturated carbocycles. The van der Waals surface area contributed by atoms with Gasteiger partial charge in [0, 0.05) is 24.4 Å². The molecule has 3 heterocycles. The molecule has 0 N–H and O–H groups in total. The molecule has 1 amide bonds. The molecule has 0 saturated heterocycles. The van der Waals surface area contributed by atoms with Crippen molar-refractivity contribution in [2.24, 2.45) is 4.99 Å². The van der Waals surface area contributed by atoms with Gasteiger partial charge in [-0.15, -0.1) is 0 Å². The highest BCUT2D eigenvalue weighted by molar-refractivity contribution is 5.98. The van der Waals surface area contributed by atoms with Gasteiger partial charge < -0.3 is 9.30 Å². The first-order valence-electron chi connectivity index (χ1n) is 12.2. The van der Waals surface area contributed by atoms with Gasteiger partial charge >= 0.3 is 5.97 Å². The molecular weight excluding hydrogens is 490 g/mol. The van der Waals surface area contributed by atoms with Crippen molar-refractivity contribution in [3.05, 3.63) is 90.8 Å². The molecule has 0 unspecified atom stereocenters. The Morgan fingerprint density at radius 3 is 2.55 bits per heavy atom. The van der Waals surface area contributed by atoms with Crippen LogP contribution in [0, 0.1) is 24.0 Å². The molecule has 0 spiro atoms. The number of hydrogen-bond donors (Lipinski definition) is 0. The first-order chi connectivity index (χ1) is 18.2. The van der Waals surface area contributed by atoms with E-state index < -0.39 is 16.8 Å². The third-order valence-corrected chi connectivity index (χ3v) is 6.28. The number of aryl methyl sites for hydroxylation is 2. The summed E-state index contributed by atoms with van der Waals surface area (Å²) in [4.78, 5) is 59.8. The van der Waals surface area contributed by atoms with E-state index in [2.05, 4.69) is 4.99 Å². The Morgan fingerprint density at radius 1 is 1.11 bits per heavy atom. The summed E-state index contributed by atoms with van der Waals surface area (Å²) in [6.07, 6.45) is 3.03. The minimum absolute atomic E-state index is 0.0230. The van der Waals surface area contributed by atoms with Crippen LogP contribution < -0.4 is 11.0 Å². The highest BCUT2D eigenvalue weighted by atomic mass is 16.6. The first-order valence-corrected chi connectivity index (χ1v) is 12.2. The lowest BCUT2D eigenvalue weighted by Crippen LogP contribution is -2.33. The summed E-state index contributed by atoms with van der Waals surface area (Å²) < 4.78 is 8.24. The Morgan fingerprint density at radius 2 is 1.87 bits per heavy atom. The first kappa shape index (κ1) is 26.4. The van der Waals surface area contributed by atoms with Crippen molar-refractivity contribution < 1.29 is 19.2 Å². The van der Waals surface area contributed by atoms with E-state index >= 15 is 0 Å². The van der Waals surface area contributed by atoms with E-state index in [0.29, 0.717) is 18.6 Å². The molecule has 0 fully saturated rings. The largest absolute Gasteiger partial charge is 0.462 e. The zero-order valence-corrected chi connectivity index (χ0v) is 21.6. The Balaban J connectivity index is 2.14. The second kappa shape index (κ2) is 10.8. The fraction of sp³-hybridized carbons (Fsp3) is 0.296. The van der Waals surface area contributed by atoms with Crippen LogP contribution in [-0.4, -0.2) is 37.4 Å². The number of amides is 1. The van der Waals surface area contributed by atoms with Crippen LogP contribution in [0.4, 0.5) is 5.69 Å². The molecule has 0 aliphatic heterocycles. The zero-order valence-electron chi connectivity index (χ0n) is 21.6. The van der Waals surface area contributed by atoms with Gasteiger partial charge in [0.25, 0.3) is 17.2 Å². The molecule has 1 aromatic carbocycles. The Kier molecular flexibility index (Phi) is 7.47. The van der Waals surface area contributed by atoms with Crippen LogP contribution in [0.5, 0.6) is 0 Å². The van der Waals surface area contributed by atoms with Crippen LogP contribution in [0.25, 0.3) is 16.7 Å². The second-order valence-corrected chi connectivity index (χ2v) is 8.77. The number of hydrogen-bond acceptors (Lipinski definition) is 7. The number of esters is 1. The summed E-state index contributed by atoms with van der Waals surface area (Å²) in [5, 5.41) is 11.6. The van der Waals surface area contributed by atoms with Crippen LogP contribution in [0.15, 0.2) is 52.4 Å². The van der Waals surface area contributed by atoms with Crippen LogP contribution >= 0.6 is 0 Å². The summed E-state index contributed by atoms with van der Waals surface area (Å²) in [6, 6.07) is 9.07. The zero-order chi connectivity index (χ0) is 27.6. The molecule has 4 rings (SSSR count). The number of unbranched alkanes of at least 4 members (excludes halogenated alkanes) is 1. The fourth-order valence-electron chi connectivity index (χ4n) is 4.30. The Labute approximate surface area is 217 Å². The molecule has 0 radical (unpaired) electrons. The molecule has 3 aromatic heterocycles. The minimum atomic E-state index is -0.768. The third-order valence-electron chi connectivity index (χ3n) is 6.28. The van der Waals surface area contributed by atoms with Gasteiger partial charge in [-0.3, -0.25) is 24.1 Å². The van der Waals surface area contributed by atoms with Gasteiger partial charge in [-0.1, -0.05) is 25.5 Å². The highest BCUT2D eigenvalue weighted by Gasteiger charge is 2.22. The summed E-state index contributed by atoms with van der Waals surface area (Å²) >= 11 is 0. The van der Waals surface area contributed by atoms with Gasteiger partial charge in [0.15, 0.2) is 5.49 Å². The normalized spacial score (nSPS) is 11.7. The third kappa shape index (κ3) is 4.70.